The number of carbonyl (C=O) groups excluding carboxylic acids is 2. The number of alkyl halides is 3. The Morgan fingerprint density at radius 1 is 1.29 bits per heavy atom. The van der Waals surface area contributed by atoms with E-state index in [1.54, 1.807) is 30.9 Å². The van der Waals surface area contributed by atoms with Crippen molar-refractivity contribution in [3.05, 3.63) is 45.4 Å². The molecule has 4 rings (SSSR count). The second-order valence-electron chi connectivity index (χ2n) is 7.69. The number of carbonyl (C=O) groups is 2. The van der Waals surface area contributed by atoms with Gasteiger partial charge in [0, 0.05) is 29.9 Å². The van der Waals surface area contributed by atoms with Crippen LogP contribution in [-0.2, 0) is 17.5 Å². The van der Waals surface area contributed by atoms with E-state index in [0.717, 1.165) is 6.07 Å². The van der Waals surface area contributed by atoms with Gasteiger partial charge in [0.05, 0.1) is 22.1 Å². The number of hydrogen-bond acceptors (Lipinski definition) is 6. The van der Waals surface area contributed by atoms with E-state index in [2.05, 4.69) is 36.4 Å². The predicted octanol–water partition coefficient (Wildman–Crippen LogP) is 4.76. The summed E-state index contributed by atoms with van der Waals surface area (Å²) >= 11 is 3.95. The second-order valence-corrected chi connectivity index (χ2v) is 9.61. The van der Waals surface area contributed by atoms with Gasteiger partial charge < -0.3 is 11.1 Å². The molecule has 0 aliphatic heterocycles. The highest BCUT2D eigenvalue weighted by Gasteiger charge is 2.35. The van der Waals surface area contributed by atoms with Crippen LogP contribution in [0.5, 0.6) is 0 Å². The number of thiophene rings is 1. The maximum Gasteiger partial charge on any atom is 0.433 e. The Kier molecular flexibility index (Phi) is 6.44. The summed E-state index contributed by atoms with van der Waals surface area (Å²) < 4.78 is 44.7. The van der Waals surface area contributed by atoms with Gasteiger partial charge in [-0.15, -0.1) is 11.3 Å². The number of nitrogens with zero attached hydrogens (tertiary/aromatic N) is 5. The Hall–Kier alpha value is -3.26. The first-order valence-corrected chi connectivity index (χ1v) is 11.9. The Labute approximate surface area is 209 Å². The minimum absolute atomic E-state index is 0.000412. The van der Waals surface area contributed by atoms with Crippen molar-refractivity contribution in [3.63, 3.8) is 0 Å². The maximum atomic E-state index is 13.7. The highest BCUT2D eigenvalue weighted by molar-refractivity contribution is 9.10. The molecule has 14 heteroatoms. The second kappa shape index (κ2) is 9.07. The van der Waals surface area contributed by atoms with Crippen LogP contribution >= 0.6 is 27.3 Å². The monoisotopic (exact) mass is 569 g/mol. The van der Waals surface area contributed by atoms with Gasteiger partial charge in [-0.3, -0.25) is 19.0 Å². The van der Waals surface area contributed by atoms with Gasteiger partial charge in [0.2, 0.25) is 5.91 Å². The van der Waals surface area contributed by atoms with Crippen molar-refractivity contribution in [1.29, 1.82) is 0 Å². The average Bonchev–Trinajstić information content (AvgIpc) is 3.48. The first-order chi connectivity index (χ1) is 16.4. The summed E-state index contributed by atoms with van der Waals surface area (Å²) in [6.45, 7) is 5.59. The molecule has 0 fully saturated rings. The van der Waals surface area contributed by atoms with E-state index in [4.69, 9.17) is 5.73 Å². The van der Waals surface area contributed by atoms with Gasteiger partial charge in [0.1, 0.15) is 21.4 Å². The number of nitrogens with two attached hydrogens (primary N) is 1. The average molecular weight is 570 g/mol. The number of aryl methyl sites for hydroxylation is 2. The Morgan fingerprint density at radius 2 is 2.00 bits per heavy atom. The van der Waals surface area contributed by atoms with Gasteiger partial charge in [0.15, 0.2) is 0 Å². The van der Waals surface area contributed by atoms with Gasteiger partial charge in [-0.1, -0.05) is 0 Å². The molecule has 1 unspecified atom stereocenters. The van der Waals surface area contributed by atoms with Crippen molar-refractivity contribution in [3.8, 4) is 11.1 Å². The van der Waals surface area contributed by atoms with Crippen molar-refractivity contribution in [2.75, 3.05) is 5.32 Å². The number of amides is 2. The third-order valence-corrected chi connectivity index (χ3v) is 6.84. The molecule has 9 nitrogen and oxygen atoms in total. The standard InChI is InChI=1S/C21H19BrF3N7O2S/c1-4-31-8-13(9(2)30-31)12-5-14(21(23,24)25)28-20-15(12)16(17(35-20)18(26)33)29-19(34)10(3)32-7-11(22)6-27-32/h5-8,10H,4H2,1-3H3,(H2,26,33)(H,29,34). The topological polar surface area (TPSA) is 121 Å². The molecule has 0 radical (unpaired) electrons. The smallest absolute Gasteiger partial charge is 0.365 e. The minimum atomic E-state index is -4.74. The fourth-order valence-corrected chi connectivity index (χ4v) is 4.88. The number of primary amides is 1. The SMILES string of the molecule is CCn1cc(-c2cc(C(F)(F)F)nc3sc(C(N)=O)c(NC(=O)C(C)n4cc(Br)cn4)c23)c(C)n1. The van der Waals surface area contributed by atoms with Crippen LogP contribution in [0.15, 0.2) is 29.1 Å². The Bertz CT molecular complexity index is 1460. The van der Waals surface area contributed by atoms with Crippen molar-refractivity contribution in [2.45, 2.75) is 39.5 Å². The number of rotatable bonds is 6. The van der Waals surface area contributed by atoms with Crippen LogP contribution < -0.4 is 11.1 Å². The summed E-state index contributed by atoms with van der Waals surface area (Å²) in [6, 6.07) is 0.0977. The minimum Gasteiger partial charge on any atom is -0.365 e. The van der Waals surface area contributed by atoms with Crippen molar-refractivity contribution < 1.29 is 22.8 Å². The molecular formula is C21H19BrF3N7O2S. The van der Waals surface area contributed by atoms with E-state index >= 15 is 0 Å². The number of hydrogen-bond donors (Lipinski definition) is 2. The van der Waals surface area contributed by atoms with Crippen LogP contribution in [0.1, 0.15) is 40.9 Å². The lowest BCUT2D eigenvalue weighted by Crippen LogP contribution is -2.25. The first kappa shape index (κ1) is 24.9. The molecule has 2 amide bonds. The van der Waals surface area contributed by atoms with Crippen LogP contribution in [-0.4, -0.2) is 36.4 Å². The molecule has 3 N–H and O–H groups in total. The zero-order valence-corrected chi connectivity index (χ0v) is 21.0. The van der Waals surface area contributed by atoms with Crippen molar-refractivity contribution in [2.24, 2.45) is 5.73 Å². The van der Waals surface area contributed by atoms with E-state index in [-0.39, 0.29) is 26.3 Å². The third kappa shape index (κ3) is 4.67. The van der Waals surface area contributed by atoms with Crippen molar-refractivity contribution in [1.82, 2.24) is 24.5 Å². The zero-order chi connectivity index (χ0) is 25.7. The summed E-state index contributed by atoms with van der Waals surface area (Å²) in [5.74, 6) is -1.45. The number of aromatic nitrogens is 5. The summed E-state index contributed by atoms with van der Waals surface area (Å²) in [5.41, 5.74) is 5.44. The number of nitrogens with one attached hydrogen (secondary N) is 1. The van der Waals surface area contributed by atoms with Gasteiger partial charge in [-0.25, -0.2) is 4.98 Å². The molecule has 1 atom stereocenters. The normalized spacial score (nSPS) is 12.8. The van der Waals surface area contributed by atoms with Crippen LogP contribution in [0.3, 0.4) is 0 Å². The van der Waals surface area contributed by atoms with E-state index in [9.17, 15) is 22.8 Å². The van der Waals surface area contributed by atoms with E-state index < -0.39 is 29.7 Å². The molecule has 0 aromatic carbocycles. The molecule has 4 heterocycles. The van der Waals surface area contributed by atoms with Crippen molar-refractivity contribution >= 4 is 55.0 Å². The lowest BCUT2D eigenvalue weighted by molar-refractivity contribution is -0.140. The van der Waals surface area contributed by atoms with Gasteiger partial charge in [-0.2, -0.15) is 23.4 Å². The summed E-state index contributed by atoms with van der Waals surface area (Å²) in [6.07, 6.45) is -0.0231. The highest BCUT2D eigenvalue weighted by atomic mass is 79.9. The summed E-state index contributed by atoms with van der Waals surface area (Å²) in [7, 11) is 0. The van der Waals surface area contributed by atoms with Crippen LogP contribution in [0.25, 0.3) is 21.3 Å². The zero-order valence-electron chi connectivity index (χ0n) is 18.6. The maximum absolute atomic E-state index is 13.7. The fraction of sp³-hybridized carbons (Fsp3) is 0.286. The molecule has 4 aromatic heterocycles. The molecule has 184 valence electrons. The molecular weight excluding hydrogens is 551 g/mol. The van der Waals surface area contributed by atoms with Gasteiger partial charge in [0.25, 0.3) is 5.91 Å². The third-order valence-electron chi connectivity index (χ3n) is 5.33. The molecule has 0 saturated heterocycles. The predicted molar refractivity (Wildman–Crippen MR) is 128 cm³/mol. The molecule has 4 aromatic rings. The Balaban J connectivity index is 1.95. The largest absolute Gasteiger partial charge is 0.433 e. The summed E-state index contributed by atoms with van der Waals surface area (Å²) in [4.78, 5) is 28.9. The van der Waals surface area contributed by atoms with E-state index in [1.807, 2.05) is 6.92 Å². The molecule has 0 aliphatic carbocycles. The Morgan fingerprint density at radius 3 is 2.54 bits per heavy atom. The number of fused-ring (bicyclic) bond motifs is 1. The molecule has 0 saturated carbocycles. The van der Waals surface area contributed by atoms with E-state index in [0.29, 0.717) is 33.6 Å². The lowest BCUT2D eigenvalue weighted by Gasteiger charge is -2.15. The number of anilines is 1. The number of halogens is 4. The number of pyridine rings is 1. The molecule has 35 heavy (non-hydrogen) atoms. The van der Waals surface area contributed by atoms with Crippen LogP contribution in [0, 0.1) is 6.92 Å². The molecule has 0 bridgehead atoms. The lowest BCUT2D eigenvalue weighted by atomic mass is 10.0. The fourth-order valence-electron chi connectivity index (χ4n) is 3.57. The quantitative estimate of drug-likeness (QED) is 0.346. The van der Waals surface area contributed by atoms with Crippen LogP contribution in [0.4, 0.5) is 18.9 Å². The van der Waals surface area contributed by atoms with E-state index in [1.165, 1.54) is 10.9 Å². The molecule has 0 spiro atoms. The highest BCUT2D eigenvalue weighted by Crippen LogP contribution is 2.44. The van der Waals surface area contributed by atoms with Gasteiger partial charge in [-0.05, 0) is 48.3 Å². The molecule has 0 aliphatic rings. The van der Waals surface area contributed by atoms with Gasteiger partial charge >= 0.3 is 6.18 Å². The summed E-state index contributed by atoms with van der Waals surface area (Å²) in [5, 5.41) is 11.3. The van der Waals surface area contributed by atoms with Crippen LogP contribution in [0.2, 0.25) is 0 Å². The first-order valence-electron chi connectivity index (χ1n) is 10.3.